The molecule has 1 aliphatic heterocycles. The molecule has 110 valence electrons. The first-order valence-electron chi connectivity index (χ1n) is 6.09. The van der Waals surface area contributed by atoms with Crippen LogP contribution in [0.3, 0.4) is 0 Å². The molecule has 2 rings (SSSR count). The van der Waals surface area contributed by atoms with Gasteiger partial charge in [0.05, 0.1) is 4.90 Å². The van der Waals surface area contributed by atoms with Crippen molar-refractivity contribution < 1.29 is 17.9 Å². The molecule has 1 aromatic carbocycles. The van der Waals surface area contributed by atoms with Gasteiger partial charge in [-0.25, -0.2) is 13.6 Å². The van der Waals surface area contributed by atoms with E-state index in [-0.39, 0.29) is 16.7 Å². The maximum Gasteiger partial charge on any atom is 0.239 e. The fourth-order valence-corrected chi connectivity index (χ4v) is 3.66. The first-order chi connectivity index (χ1) is 9.38. The van der Waals surface area contributed by atoms with Crippen molar-refractivity contribution in [3.8, 4) is 0 Å². The second-order valence-electron chi connectivity index (χ2n) is 4.57. The number of nitrogens with two attached hydrogens (primary N) is 1. The lowest BCUT2D eigenvalue weighted by atomic mass is 9.99. The number of amides is 1. The lowest BCUT2D eigenvalue weighted by Crippen LogP contribution is -2.28. The molecule has 0 unspecified atom stereocenters. The summed E-state index contributed by atoms with van der Waals surface area (Å²) >= 11 is 3.14. The van der Waals surface area contributed by atoms with Crippen LogP contribution in [0.15, 0.2) is 27.6 Å². The van der Waals surface area contributed by atoms with Crippen molar-refractivity contribution in [2.45, 2.75) is 17.7 Å². The zero-order valence-corrected chi connectivity index (χ0v) is 13.0. The Morgan fingerprint density at radius 2 is 2.00 bits per heavy atom. The van der Waals surface area contributed by atoms with Crippen molar-refractivity contribution in [3.63, 3.8) is 0 Å². The van der Waals surface area contributed by atoms with E-state index in [1.54, 1.807) is 0 Å². The first-order valence-corrected chi connectivity index (χ1v) is 8.43. The number of carbonyl (C=O) groups excluding carboxylic acids is 1. The van der Waals surface area contributed by atoms with E-state index in [1.165, 1.54) is 18.2 Å². The number of rotatable bonds is 3. The highest BCUT2D eigenvalue weighted by Crippen LogP contribution is 2.25. The minimum absolute atomic E-state index is 0.0124. The predicted octanol–water partition coefficient (Wildman–Crippen LogP) is 1.46. The van der Waals surface area contributed by atoms with Crippen LogP contribution in [0.5, 0.6) is 0 Å². The molecule has 0 saturated carbocycles. The van der Waals surface area contributed by atoms with Crippen molar-refractivity contribution in [2.75, 3.05) is 18.5 Å². The fraction of sp³-hybridized carbons (Fsp3) is 0.417. The lowest BCUT2D eigenvalue weighted by Gasteiger charge is -2.21. The molecule has 0 radical (unpaired) electrons. The van der Waals surface area contributed by atoms with Crippen molar-refractivity contribution in [3.05, 3.63) is 22.7 Å². The highest BCUT2D eigenvalue weighted by molar-refractivity contribution is 9.10. The van der Waals surface area contributed by atoms with Gasteiger partial charge in [0.2, 0.25) is 15.9 Å². The molecule has 0 atom stereocenters. The van der Waals surface area contributed by atoms with E-state index in [0.717, 1.165) is 0 Å². The Hall–Kier alpha value is -0.960. The number of hydrogen-bond acceptors (Lipinski definition) is 4. The summed E-state index contributed by atoms with van der Waals surface area (Å²) < 4.78 is 28.1. The van der Waals surface area contributed by atoms with E-state index in [0.29, 0.717) is 36.2 Å². The quantitative estimate of drug-likeness (QED) is 0.850. The van der Waals surface area contributed by atoms with Gasteiger partial charge in [-0.2, -0.15) is 0 Å². The molecule has 0 aromatic heterocycles. The largest absolute Gasteiger partial charge is 0.381 e. The number of nitrogens with one attached hydrogen (secondary N) is 1. The number of sulfonamides is 1. The second-order valence-corrected chi connectivity index (χ2v) is 6.95. The van der Waals surface area contributed by atoms with Gasteiger partial charge >= 0.3 is 0 Å². The average molecular weight is 363 g/mol. The normalized spacial score (nSPS) is 16.9. The van der Waals surface area contributed by atoms with Crippen LogP contribution in [-0.2, 0) is 19.6 Å². The van der Waals surface area contributed by atoms with Gasteiger partial charge in [-0.05, 0) is 47.0 Å². The van der Waals surface area contributed by atoms with Crippen LogP contribution in [0, 0.1) is 5.92 Å². The highest BCUT2D eigenvalue weighted by Gasteiger charge is 2.22. The van der Waals surface area contributed by atoms with Crippen molar-refractivity contribution in [1.82, 2.24) is 0 Å². The molecule has 1 aliphatic rings. The molecular formula is C12H15BrN2O4S. The van der Waals surface area contributed by atoms with Gasteiger partial charge in [-0.3, -0.25) is 4.79 Å². The van der Waals surface area contributed by atoms with Gasteiger partial charge in [0, 0.05) is 29.3 Å². The highest BCUT2D eigenvalue weighted by atomic mass is 79.9. The van der Waals surface area contributed by atoms with Crippen LogP contribution < -0.4 is 10.5 Å². The van der Waals surface area contributed by atoms with Crippen LogP contribution in [0.1, 0.15) is 12.8 Å². The third kappa shape index (κ3) is 3.78. The topological polar surface area (TPSA) is 98.5 Å². The summed E-state index contributed by atoms with van der Waals surface area (Å²) in [6.45, 7) is 1.18. The van der Waals surface area contributed by atoms with Crippen molar-refractivity contribution >= 4 is 37.5 Å². The Morgan fingerprint density at radius 3 is 2.55 bits per heavy atom. The summed E-state index contributed by atoms with van der Waals surface area (Å²) in [5, 5.41) is 7.84. The van der Waals surface area contributed by atoms with E-state index in [2.05, 4.69) is 21.2 Å². The van der Waals surface area contributed by atoms with E-state index in [4.69, 9.17) is 9.88 Å². The van der Waals surface area contributed by atoms with Gasteiger partial charge < -0.3 is 10.1 Å². The molecule has 1 fully saturated rings. The van der Waals surface area contributed by atoms with Gasteiger partial charge in [0.15, 0.2) is 0 Å². The predicted molar refractivity (Wildman–Crippen MR) is 77.7 cm³/mol. The van der Waals surface area contributed by atoms with Crippen LogP contribution in [0.2, 0.25) is 0 Å². The number of hydrogen-bond donors (Lipinski definition) is 2. The zero-order valence-electron chi connectivity index (χ0n) is 10.6. The van der Waals surface area contributed by atoms with Crippen LogP contribution in [-0.4, -0.2) is 27.5 Å². The van der Waals surface area contributed by atoms with Crippen molar-refractivity contribution in [2.24, 2.45) is 11.1 Å². The molecule has 1 saturated heterocycles. The standard InChI is InChI=1S/C12H15BrN2O4S/c13-10-7-9(1-2-11(10)20(14,17)18)15-12(16)8-3-5-19-6-4-8/h1-2,7-8H,3-6H2,(H,15,16)(H2,14,17,18). The first kappa shape index (κ1) is 15.4. The third-order valence-electron chi connectivity index (χ3n) is 3.10. The summed E-state index contributed by atoms with van der Waals surface area (Å²) in [5.74, 6) is -0.149. The smallest absolute Gasteiger partial charge is 0.239 e. The fourth-order valence-electron chi connectivity index (χ4n) is 2.01. The molecule has 3 N–H and O–H groups in total. The number of halogens is 1. The molecule has 0 bridgehead atoms. The molecule has 0 spiro atoms. The number of benzene rings is 1. The Morgan fingerprint density at radius 1 is 1.35 bits per heavy atom. The van der Waals surface area contributed by atoms with E-state index in [1.807, 2.05) is 0 Å². The van der Waals surface area contributed by atoms with Gasteiger partial charge in [-0.1, -0.05) is 0 Å². The van der Waals surface area contributed by atoms with Gasteiger partial charge in [0.1, 0.15) is 0 Å². The Balaban J connectivity index is 2.10. The summed E-state index contributed by atoms with van der Waals surface area (Å²) in [6, 6.07) is 4.40. The minimum Gasteiger partial charge on any atom is -0.381 e. The number of carbonyl (C=O) groups is 1. The van der Waals surface area contributed by atoms with Crippen LogP contribution >= 0.6 is 15.9 Å². The summed E-state index contributed by atoms with van der Waals surface area (Å²) in [4.78, 5) is 12.0. The molecule has 1 aromatic rings. The Kier molecular flexibility index (Phi) is 4.79. The van der Waals surface area contributed by atoms with E-state index < -0.39 is 10.0 Å². The number of ether oxygens (including phenoxy) is 1. The summed E-state index contributed by atoms with van der Waals surface area (Å²) in [7, 11) is -3.78. The summed E-state index contributed by atoms with van der Waals surface area (Å²) in [6.07, 6.45) is 1.39. The molecule has 1 heterocycles. The van der Waals surface area contributed by atoms with Crippen molar-refractivity contribution in [1.29, 1.82) is 0 Å². The molecule has 1 amide bonds. The Labute approximate surface area is 125 Å². The van der Waals surface area contributed by atoms with Gasteiger partial charge in [-0.15, -0.1) is 0 Å². The zero-order chi connectivity index (χ0) is 14.8. The number of anilines is 1. The SMILES string of the molecule is NS(=O)(=O)c1ccc(NC(=O)C2CCOCC2)cc1Br. The minimum atomic E-state index is -3.78. The molecule has 8 heteroatoms. The average Bonchev–Trinajstić information content (AvgIpc) is 2.38. The Bertz CT molecular complexity index is 612. The maximum atomic E-state index is 12.0. The summed E-state index contributed by atoms with van der Waals surface area (Å²) in [5.41, 5.74) is 0.528. The third-order valence-corrected chi connectivity index (χ3v) is 4.99. The van der Waals surface area contributed by atoms with Crippen LogP contribution in [0.4, 0.5) is 5.69 Å². The molecule has 0 aliphatic carbocycles. The van der Waals surface area contributed by atoms with Gasteiger partial charge in [0.25, 0.3) is 0 Å². The monoisotopic (exact) mass is 362 g/mol. The molecule has 20 heavy (non-hydrogen) atoms. The molecular weight excluding hydrogens is 348 g/mol. The molecule has 6 nitrogen and oxygen atoms in total. The van der Waals surface area contributed by atoms with E-state index >= 15 is 0 Å². The second kappa shape index (κ2) is 6.21. The number of primary sulfonamides is 1. The maximum absolute atomic E-state index is 12.0. The van der Waals surface area contributed by atoms with E-state index in [9.17, 15) is 13.2 Å². The van der Waals surface area contributed by atoms with Crippen LogP contribution in [0.25, 0.3) is 0 Å². The lowest BCUT2D eigenvalue weighted by molar-refractivity contribution is -0.122.